The van der Waals surface area contributed by atoms with Crippen molar-refractivity contribution >= 4 is 5.91 Å². The maximum Gasteiger partial charge on any atom is 0.271 e. The summed E-state index contributed by atoms with van der Waals surface area (Å²) in [6.45, 7) is 3.30. The molecule has 0 spiro atoms. The third-order valence-electron chi connectivity index (χ3n) is 3.25. The molecule has 3 N–H and O–H groups in total. The van der Waals surface area contributed by atoms with Crippen molar-refractivity contribution in [3.63, 3.8) is 0 Å². The summed E-state index contributed by atoms with van der Waals surface area (Å²) in [6.07, 6.45) is 1.91. The molecule has 1 aliphatic heterocycles. The molecule has 6 nitrogen and oxygen atoms in total. The molecule has 1 aliphatic rings. The molecule has 2 rings (SSSR count). The van der Waals surface area contributed by atoms with E-state index in [0.717, 1.165) is 12.1 Å². The Kier molecular flexibility index (Phi) is 3.98. The van der Waals surface area contributed by atoms with Crippen molar-refractivity contribution in [2.75, 3.05) is 19.8 Å². The second-order valence-electron chi connectivity index (χ2n) is 4.65. The van der Waals surface area contributed by atoms with Gasteiger partial charge in [-0.25, -0.2) is 0 Å². The third-order valence-corrected chi connectivity index (χ3v) is 3.25. The molecule has 0 unspecified atom stereocenters. The fourth-order valence-electron chi connectivity index (χ4n) is 1.92. The van der Waals surface area contributed by atoms with Crippen molar-refractivity contribution in [1.29, 1.82) is 0 Å². The Hall–Kier alpha value is -1.40. The number of aromatic amines is 1. The summed E-state index contributed by atoms with van der Waals surface area (Å²) in [5.41, 5.74) is 0.435. The number of aromatic nitrogens is 2. The average Bonchev–Trinajstić information content (AvgIpc) is 2.86. The third kappa shape index (κ3) is 3.08. The molecule has 0 radical (unpaired) electrons. The van der Waals surface area contributed by atoms with E-state index in [4.69, 9.17) is 4.74 Å². The summed E-state index contributed by atoms with van der Waals surface area (Å²) in [4.78, 5) is 11.8. The molecule has 0 atom stereocenters. The monoisotopic (exact) mass is 253 g/mol. The van der Waals surface area contributed by atoms with Crippen LogP contribution in [0.25, 0.3) is 0 Å². The van der Waals surface area contributed by atoms with E-state index in [2.05, 4.69) is 15.5 Å². The highest BCUT2D eigenvalue weighted by Crippen LogP contribution is 2.19. The maximum atomic E-state index is 11.8. The van der Waals surface area contributed by atoms with Gasteiger partial charge in [0.05, 0.1) is 5.60 Å². The van der Waals surface area contributed by atoms with Crippen molar-refractivity contribution in [1.82, 2.24) is 15.5 Å². The minimum absolute atomic E-state index is 0.240. The number of hydrogen-bond acceptors (Lipinski definition) is 4. The van der Waals surface area contributed by atoms with Crippen molar-refractivity contribution in [2.45, 2.75) is 31.8 Å². The minimum atomic E-state index is -0.849. The molecule has 0 saturated carbocycles. The molecule has 0 aromatic carbocycles. The summed E-state index contributed by atoms with van der Waals surface area (Å²) in [5, 5.41) is 19.6. The number of hydrogen-bond donors (Lipinski definition) is 3. The van der Waals surface area contributed by atoms with E-state index >= 15 is 0 Å². The lowest BCUT2D eigenvalue weighted by atomic mass is 9.94. The Bertz CT molecular complexity index is 410. The second kappa shape index (κ2) is 5.49. The van der Waals surface area contributed by atoms with Gasteiger partial charge in [0.15, 0.2) is 0 Å². The number of aryl methyl sites for hydroxylation is 1. The van der Waals surface area contributed by atoms with E-state index in [1.807, 2.05) is 6.92 Å². The summed E-state index contributed by atoms with van der Waals surface area (Å²) in [5.74, 6) is -0.258. The fourth-order valence-corrected chi connectivity index (χ4v) is 1.92. The van der Waals surface area contributed by atoms with Crippen LogP contribution in [0.4, 0.5) is 0 Å². The number of rotatable bonds is 4. The second-order valence-corrected chi connectivity index (χ2v) is 4.65. The van der Waals surface area contributed by atoms with Gasteiger partial charge in [-0.2, -0.15) is 5.10 Å². The van der Waals surface area contributed by atoms with E-state index in [1.165, 1.54) is 0 Å². The molecule has 2 heterocycles. The summed E-state index contributed by atoms with van der Waals surface area (Å²) in [7, 11) is 0. The number of nitrogens with zero attached hydrogens (tertiary/aromatic N) is 1. The Morgan fingerprint density at radius 1 is 1.61 bits per heavy atom. The minimum Gasteiger partial charge on any atom is -0.388 e. The van der Waals surface area contributed by atoms with Crippen molar-refractivity contribution < 1.29 is 14.6 Å². The van der Waals surface area contributed by atoms with Crippen molar-refractivity contribution in [3.8, 4) is 0 Å². The Balaban J connectivity index is 1.87. The van der Waals surface area contributed by atoms with Crippen LogP contribution in [0.2, 0.25) is 0 Å². The number of amides is 1. The SMILES string of the molecule is CCc1cc(C(=O)NCC2(O)CCOCC2)n[nH]1. The molecule has 1 saturated heterocycles. The van der Waals surface area contributed by atoms with Gasteiger partial charge in [0.1, 0.15) is 5.69 Å². The Morgan fingerprint density at radius 2 is 2.33 bits per heavy atom. The quantitative estimate of drug-likeness (QED) is 0.717. The number of H-pyrrole nitrogens is 1. The lowest BCUT2D eigenvalue weighted by Gasteiger charge is -2.31. The maximum absolute atomic E-state index is 11.8. The van der Waals surface area contributed by atoms with Gasteiger partial charge < -0.3 is 15.2 Å². The predicted molar refractivity (Wildman–Crippen MR) is 65.3 cm³/mol. The lowest BCUT2D eigenvalue weighted by molar-refractivity contribution is -0.0605. The molecule has 1 aromatic rings. The van der Waals surface area contributed by atoms with Crippen LogP contribution < -0.4 is 5.32 Å². The standard InChI is InChI=1S/C12H19N3O3/c1-2-9-7-10(15-14-9)11(16)13-8-12(17)3-5-18-6-4-12/h7,17H,2-6,8H2,1H3,(H,13,16)(H,14,15). The molecule has 1 fully saturated rings. The highest BCUT2D eigenvalue weighted by Gasteiger charge is 2.30. The van der Waals surface area contributed by atoms with E-state index < -0.39 is 5.60 Å². The molecule has 0 bridgehead atoms. The predicted octanol–water partition coefficient (Wildman–Crippen LogP) is 0.243. The van der Waals surface area contributed by atoms with Crippen LogP contribution in [0.5, 0.6) is 0 Å². The van der Waals surface area contributed by atoms with Crippen LogP contribution in [0, 0.1) is 0 Å². The Labute approximate surface area is 106 Å². The van der Waals surface area contributed by atoms with Crippen LogP contribution in [0.1, 0.15) is 35.9 Å². The van der Waals surface area contributed by atoms with Crippen LogP contribution in [-0.4, -0.2) is 46.6 Å². The first-order valence-corrected chi connectivity index (χ1v) is 6.25. The van der Waals surface area contributed by atoms with E-state index in [9.17, 15) is 9.90 Å². The highest BCUT2D eigenvalue weighted by molar-refractivity contribution is 5.92. The zero-order valence-electron chi connectivity index (χ0n) is 10.5. The summed E-state index contributed by atoms with van der Waals surface area (Å²) < 4.78 is 5.18. The fraction of sp³-hybridized carbons (Fsp3) is 0.667. The first-order valence-electron chi connectivity index (χ1n) is 6.25. The van der Waals surface area contributed by atoms with Gasteiger partial charge in [0.25, 0.3) is 5.91 Å². The van der Waals surface area contributed by atoms with Crippen LogP contribution in [-0.2, 0) is 11.2 Å². The number of carbonyl (C=O) groups excluding carboxylic acids is 1. The number of nitrogens with one attached hydrogen (secondary N) is 2. The molecule has 6 heteroatoms. The molecule has 1 amide bonds. The summed E-state index contributed by atoms with van der Waals surface area (Å²) >= 11 is 0. The molecule has 1 aromatic heterocycles. The van der Waals surface area contributed by atoms with Crippen LogP contribution in [0.15, 0.2) is 6.07 Å². The van der Waals surface area contributed by atoms with Crippen LogP contribution in [0.3, 0.4) is 0 Å². The molecule has 100 valence electrons. The van der Waals surface area contributed by atoms with Gasteiger partial charge in [0.2, 0.25) is 0 Å². The van der Waals surface area contributed by atoms with Gasteiger partial charge in [-0.15, -0.1) is 0 Å². The molecular weight excluding hydrogens is 234 g/mol. The highest BCUT2D eigenvalue weighted by atomic mass is 16.5. The number of aliphatic hydroxyl groups is 1. The number of carbonyl (C=O) groups is 1. The molecule has 18 heavy (non-hydrogen) atoms. The zero-order valence-corrected chi connectivity index (χ0v) is 10.5. The van der Waals surface area contributed by atoms with E-state index in [0.29, 0.717) is 31.7 Å². The molecular formula is C12H19N3O3. The van der Waals surface area contributed by atoms with Gasteiger partial charge in [-0.1, -0.05) is 6.92 Å². The lowest BCUT2D eigenvalue weighted by Crippen LogP contribution is -2.46. The zero-order chi connectivity index (χ0) is 13.0. The average molecular weight is 253 g/mol. The summed E-state index contributed by atoms with van der Waals surface area (Å²) in [6, 6.07) is 1.73. The van der Waals surface area contributed by atoms with Gasteiger partial charge >= 0.3 is 0 Å². The molecule has 0 aliphatic carbocycles. The van der Waals surface area contributed by atoms with Gasteiger partial charge in [-0.3, -0.25) is 9.89 Å². The van der Waals surface area contributed by atoms with Gasteiger partial charge in [0, 0.05) is 38.3 Å². The van der Waals surface area contributed by atoms with Crippen molar-refractivity contribution in [2.24, 2.45) is 0 Å². The van der Waals surface area contributed by atoms with Gasteiger partial charge in [-0.05, 0) is 12.5 Å². The topological polar surface area (TPSA) is 87.2 Å². The first kappa shape index (κ1) is 13.0. The largest absolute Gasteiger partial charge is 0.388 e. The normalized spacial score (nSPS) is 18.6. The number of ether oxygens (including phenoxy) is 1. The first-order chi connectivity index (χ1) is 8.63. The van der Waals surface area contributed by atoms with Crippen LogP contribution >= 0.6 is 0 Å². The smallest absolute Gasteiger partial charge is 0.271 e. The van der Waals surface area contributed by atoms with E-state index in [1.54, 1.807) is 6.07 Å². The van der Waals surface area contributed by atoms with Crippen molar-refractivity contribution in [3.05, 3.63) is 17.5 Å². The Morgan fingerprint density at radius 3 is 2.94 bits per heavy atom. The van der Waals surface area contributed by atoms with E-state index in [-0.39, 0.29) is 12.5 Å².